The van der Waals surface area contributed by atoms with Crippen molar-refractivity contribution in [2.45, 2.75) is 84.1 Å². The molecule has 2 aromatic heterocycles. The minimum absolute atomic E-state index is 0.0332. The van der Waals surface area contributed by atoms with Crippen molar-refractivity contribution in [3.63, 3.8) is 0 Å². The summed E-state index contributed by atoms with van der Waals surface area (Å²) < 4.78 is 0. The average Bonchev–Trinajstić information content (AvgIpc) is 2.95. The van der Waals surface area contributed by atoms with E-state index in [1.165, 1.54) is 19.3 Å². The fourth-order valence-electron chi connectivity index (χ4n) is 9.86. The summed E-state index contributed by atoms with van der Waals surface area (Å²) in [6.07, 6.45) is 15.0. The number of likely N-dealkylation sites (tertiary alicyclic amines) is 1. The van der Waals surface area contributed by atoms with E-state index in [1.807, 2.05) is 29.2 Å². The van der Waals surface area contributed by atoms with E-state index in [4.69, 9.17) is 0 Å². The van der Waals surface area contributed by atoms with Gasteiger partial charge in [0, 0.05) is 31.2 Å². The van der Waals surface area contributed by atoms with Crippen LogP contribution in [0.4, 0.5) is 0 Å². The van der Waals surface area contributed by atoms with Crippen LogP contribution in [0.2, 0.25) is 0 Å². The van der Waals surface area contributed by atoms with Gasteiger partial charge in [0.25, 0.3) is 0 Å². The standard InChI is InChI=1S/C29H35N3O2/c1-25-15-26(2)17-27(3,16-25)20-29(18-25,19-26)32-23(33)14-28(24(32)34,12-21-4-8-30-9-5-21)13-22-6-10-31-11-7-22/h4-11H,12-20H2,1-3H3. The number of amides is 2. The predicted molar refractivity (Wildman–Crippen MR) is 130 cm³/mol. The van der Waals surface area contributed by atoms with Crippen LogP contribution in [0.3, 0.4) is 0 Å². The van der Waals surface area contributed by atoms with E-state index in [0.717, 1.165) is 30.4 Å². The number of imide groups is 1. The minimum Gasteiger partial charge on any atom is -0.276 e. The van der Waals surface area contributed by atoms with Crippen molar-refractivity contribution >= 4 is 11.8 Å². The molecule has 4 saturated carbocycles. The second kappa shape index (κ2) is 6.99. The Morgan fingerprint density at radius 1 is 0.706 bits per heavy atom. The summed E-state index contributed by atoms with van der Waals surface area (Å²) in [4.78, 5) is 38.6. The van der Waals surface area contributed by atoms with Gasteiger partial charge in [-0.1, -0.05) is 20.8 Å². The fourth-order valence-corrected chi connectivity index (χ4v) is 9.86. The zero-order valence-electron chi connectivity index (χ0n) is 20.6. The van der Waals surface area contributed by atoms with Crippen LogP contribution >= 0.6 is 0 Å². The average molecular weight is 458 g/mol. The van der Waals surface area contributed by atoms with Crippen molar-refractivity contribution in [1.29, 1.82) is 0 Å². The zero-order valence-corrected chi connectivity index (χ0v) is 20.6. The topological polar surface area (TPSA) is 63.2 Å². The van der Waals surface area contributed by atoms with Crippen LogP contribution in [0.5, 0.6) is 0 Å². The van der Waals surface area contributed by atoms with Gasteiger partial charge in [-0.2, -0.15) is 0 Å². The Morgan fingerprint density at radius 2 is 1.12 bits per heavy atom. The molecular formula is C29H35N3O2. The smallest absolute Gasteiger partial charge is 0.237 e. The van der Waals surface area contributed by atoms with Crippen LogP contribution in [0, 0.1) is 21.7 Å². The van der Waals surface area contributed by atoms with Gasteiger partial charge in [0.2, 0.25) is 11.8 Å². The summed E-state index contributed by atoms with van der Waals surface area (Å²) in [7, 11) is 0. The Bertz CT molecular complexity index is 1050. The highest BCUT2D eigenvalue weighted by molar-refractivity contribution is 6.07. The van der Waals surface area contributed by atoms with E-state index >= 15 is 0 Å². The molecule has 7 rings (SSSR count). The lowest BCUT2D eigenvalue weighted by atomic mass is 9.38. The van der Waals surface area contributed by atoms with E-state index in [-0.39, 0.29) is 40.0 Å². The summed E-state index contributed by atoms with van der Waals surface area (Å²) in [5.41, 5.74) is 1.65. The molecule has 4 bridgehead atoms. The number of carbonyl (C=O) groups excluding carboxylic acids is 2. The van der Waals surface area contributed by atoms with E-state index < -0.39 is 5.41 Å². The van der Waals surface area contributed by atoms with Gasteiger partial charge < -0.3 is 0 Å². The third-order valence-electron chi connectivity index (χ3n) is 9.28. The molecule has 4 aliphatic carbocycles. The third kappa shape index (κ3) is 3.34. The molecule has 0 unspecified atom stereocenters. The van der Waals surface area contributed by atoms with Gasteiger partial charge >= 0.3 is 0 Å². The van der Waals surface area contributed by atoms with E-state index in [1.54, 1.807) is 24.8 Å². The normalized spacial score (nSPS) is 38.0. The fraction of sp³-hybridized carbons (Fsp3) is 0.586. The van der Waals surface area contributed by atoms with Gasteiger partial charge in [0.15, 0.2) is 0 Å². The van der Waals surface area contributed by atoms with E-state index in [9.17, 15) is 9.59 Å². The largest absolute Gasteiger partial charge is 0.276 e. The lowest BCUT2D eigenvalue weighted by Crippen LogP contribution is -2.69. The molecule has 0 aromatic carbocycles. The molecule has 34 heavy (non-hydrogen) atoms. The molecule has 5 heteroatoms. The van der Waals surface area contributed by atoms with E-state index in [0.29, 0.717) is 12.8 Å². The molecule has 3 heterocycles. The number of carbonyl (C=O) groups is 2. The van der Waals surface area contributed by atoms with Crippen molar-refractivity contribution in [2.75, 3.05) is 0 Å². The quantitative estimate of drug-likeness (QED) is 0.583. The van der Waals surface area contributed by atoms with Gasteiger partial charge in [-0.15, -0.1) is 0 Å². The van der Waals surface area contributed by atoms with Gasteiger partial charge in [0.1, 0.15) is 0 Å². The monoisotopic (exact) mass is 457 g/mol. The summed E-state index contributed by atoms with van der Waals surface area (Å²) in [6, 6.07) is 7.90. The Balaban J connectivity index is 1.42. The van der Waals surface area contributed by atoms with Crippen molar-refractivity contribution in [1.82, 2.24) is 14.9 Å². The second-order valence-corrected chi connectivity index (χ2v) is 13.3. The number of nitrogens with zero attached hydrogens (tertiary/aromatic N) is 3. The molecular weight excluding hydrogens is 422 g/mol. The number of aromatic nitrogens is 2. The molecule has 5 aliphatic rings. The lowest BCUT2D eigenvalue weighted by Gasteiger charge is -2.70. The van der Waals surface area contributed by atoms with E-state index in [2.05, 4.69) is 30.7 Å². The molecule has 0 atom stereocenters. The Kier molecular flexibility index (Phi) is 4.51. The molecule has 0 spiro atoms. The zero-order chi connectivity index (χ0) is 23.8. The van der Waals surface area contributed by atoms with Crippen LogP contribution in [-0.4, -0.2) is 32.2 Å². The van der Waals surface area contributed by atoms with Gasteiger partial charge in [-0.3, -0.25) is 24.5 Å². The first-order valence-electron chi connectivity index (χ1n) is 12.7. The van der Waals surface area contributed by atoms with Crippen LogP contribution in [0.15, 0.2) is 49.1 Å². The SMILES string of the molecule is CC12CC3(C)CC(C)(C1)CC(N1C(=O)CC(Cc4ccncc4)(Cc4ccncc4)C1=O)(C2)C3. The van der Waals surface area contributed by atoms with Gasteiger partial charge in [-0.25, -0.2) is 0 Å². The molecule has 1 saturated heterocycles. The molecule has 2 amide bonds. The molecule has 0 radical (unpaired) electrons. The Labute approximate surface area is 202 Å². The van der Waals surface area contributed by atoms with Crippen LogP contribution < -0.4 is 0 Å². The molecule has 178 valence electrons. The van der Waals surface area contributed by atoms with Crippen molar-refractivity contribution in [3.8, 4) is 0 Å². The maximum Gasteiger partial charge on any atom is 0.237 e. The number of pyridine rings is 2. The summed E-state index contributed by atoms with van der Waals surface area (Å²) in [5, 5.41) is 0. The van der Waals surface area contributed by atoms with Gasteiger partial charge in [0.05, 0.1) is 11.0 Å². The maximum absolute atomic E-state index is 14.5. The third-order valence-corrected chi connectivity index (χ3v) is 9.28. The molecule has 5 nitrogen and oxygen atoms in total. The first kappa shape index (κ1) is 21.9. The molecule has 2 aromatic rings. The lowest BCUT2D eigenvalue weighted by molar-refractivity contribution is -0.198. The van der Waals surface area contributed by atoms with Crippen LogP contribution in [0.1, 0.15) is 76.8 Å². The second-order valence-electron chi connectivity index (χ2n) is 13.3. The van der Waals surface area contributed by atoms with Crippen molar-refractivity contribution in [3.05, 3.63) is 60.2 Å². The number of hydrogen-bond acceptors (Lipinski definition) is 4. The molecule has 1 aliphatic heterocycles. The first-order valence-corrected chi connectivity index (χ1v) is 12.7. The molecule has 0 N–H and O–H groups in total. The first-order chi connectivity index (χ1) is 16.1. The van der Waals surface area contributed by atoms with Crippen molar-refractivity contribution < 1.29 is 9.59 Å². The van der Waals surface area contributed by atoms with Crippen molar-refractivity contribution in [2.24, 2.45) is 21.7 Å². The molecule has 5 fully saturated rings. The summed E-state index contributed by atoms with van der Waals surface area (Å²) in [6.45, 7) is 7.21. The highest BCUT2D eigenvalue weighted by atomic mass is 16.2. The summed E-state index contributed by atoms with van der Waals surface area (Å²) >= 11 is 0. The number of rotatable bonds is 5. The highest BCUT2D eigenvalue weighted by Gasteiger charge is 2.69. The summed E-state index contributed by atoms with van der Waals surface area (Å²) in [5.74, 6) is 0.0785. The predicted octanol–water partition coefficient (Wildman–Crippen LogP) is 5.15. The maximum atomic E-state index is 14.5. The van der Waals surface area contributed by atoms with Gasteiger partial charge in [-0.05, 0) is 103 Å². The Morgan fingerprint density at radius 3 is 1.53 bits per heavy atom. The van der Waals surface area contributed by atoms with Crippen LogP contribution in [-0.2, 0) is 22.4 Å². The highest BCUT2D eigenvalue weighted by Crippen LogP contribution is 2.72. The van der Waals surface area contributed by atoms with Crippen LogP contribution in [0.25, 0.3) is 0 Å². The Hall–Kier alpha value is -2.56. The minimum atomic E-state index is -0.758. The number of hydrogen-bond donors (Lipinski definition) is 0.